The lowest BCUT2D eigenvalue weighted by atomic mass is 10.2. The first kappa shape index (κ1) is 14.9. The number of nitrogens with zero attached hydrogens (tertiary/aromatic N) is 1. The molecule has 1 heterocycles. The van der Waals surface area contributed by atoms with Gasteiger partial charge in [0.2, 0.25) is 0 Å². The Bertz CT molecular complexity index is 787. The number of halogens is 1. The number of hydrogen-bond acceptors (Lipinski definition) is 5. The second-order valence-corrected chi connectivity index (χ2v) is 6.14. The molecule has 0 radical (unpaired) electrons. The van der Waals surface area contributed by atoms with Crippen LogP contribution in [-0.4, -0.2) is 30.7 Å². The van der Waals surface area contributed by atoms with E-state index in [4.69, 9.17) is 9.84 Å². The van der Waals surface area contributed by atoms with Gasteiger partial charge in [-0.25, -0.2) is 22.6 Å². The van der Waals surface area contributed by atoms with Crippen LogP contribution in [0.2, 0.25) is 0 Å². The van der Waals surface area contributed by atoms with Gasteiger partial charge in [0.25, 0.3) is 5.88 Å². The highest BCUT2D eigenvalue weighted by Gasteiger charge is 2.17. The number of aromatic nitrogens is 1. The van der Waals surface area contributed by atoms with E-state index in [1.165, 1.54) is 24.3 Å². The summed E-state index contributed by atoms with van der Waals surface area (Å²) in [5.74, 6) is -2.90. The maximum Gasteiger partial charge on any atom is 0.338 e. The van der Waals surface area contributed by atoms with Crippen LogP contribution in [0.3, 0.4) is 0 Å². The topological polar surface area (TPSA) is 93.6 Å². The molecule has 0 bridgehead atoms. The Morgan fingerprint density at radius 1 is 1.24 bits per heavy atom. The molecule has 0 unspecified atom stereocenters. The average Bonchev–Trinajstić information content (AvgIpc) is 2.40. The molecule has 0 amide bonds. The molecular formula is C13H10FNO5S. The standard InChI is InChI=1S/C13H10FNO5S/c1-21(18,19)9-4-2-8(3-5-9)20-12-11(14)10(13(16)17)6-7-15-12/h2-7H,1H3,(H,16,17). The fourth-order valence-corrected chi connectivity index (χ4v) is 2.16. The van der Waals surface area contributed by atoms with Gasteiger partial charge in [0.1, 0.15) is 11.3 Å². The van der Waals surface area contributed by atoms with E-state index in [-0.39, 0.29) is 10.6 Å². The molecule has 0 saturated heterocycles. The fraction of sp³-hybridized carbons (Fsp3) is 0.0769. The van der Waals surface area contributed by atoms with Gasteiger partial charge in [0.05, 0.1) is 4.90 Å². The summed E-state index contributed by atoms with van der Waals surface area (Å²) in [5, 5.41) is 8.79. The molecule has 21 heavy (non-hydrogen) atoms. The summed E-state index contributed by atoms with van der Waals surface area (Å²) in [7, 11) is -3.34. The summed E-state index contributed by atoms with van der Waals surface area (Å²) < 4.78 is 41.5. The van der Waals surface area contributed by atoms with Crippen molar-refractivity contribution in [3.63, 3.8) is 0 Å². The molecule has 0 spiro atoms. The van der Waals surface area contributed by atoms with Crippen molar-refractivity contribution < 1.29 is 27.4 Å². The summed E-state index contributed by atoms with van der Waals surface area (Å²) in [5.41, 5.74) is -0.562. The number of carboxylic acid groups (broad SMARTS) is 1. The summed E-state index contributed by atoms with van der Waals surface area (Å²) in [6, 6.07) is 6.25. The van der Waals surface area contributed by atoms with Crippen molar-refractivity contribution in [2.45, 2.75) is 4.90 Å². The number of ether oxygens (including phenoxy) is 1. The Balaban J connectivity index is 2.31. The van der Waals surface area contributed by atoms with Crippen LogP contribution in [0.5, 0.6) is 11.6 Å². The number of sulfone groups is 1. The molecular weight excluding hydrogens is 301 g/mol. The highest BCUT2D eigenvalue weighted by molar-refractivity contribution is 7.90. The smallest absolute Gasteiger partial charge is 0.338 e. The van der Waals surface area contributed by atoms with E-state index >= 15 is 0 Å². The van der Waals surface area contributed by atoms with E-state index in [0.29, 0.717) is 0 Å². The number of hydrogen-bond donors (Lipinski definition) is 1. The van der Waals surface area contributed by atoms with Crippen LogP contribution in [0.1, 0.15) is 10.4 Å². The minimum Gasteiger partial charge on any atom is -0.478 e. The molecule has 110 valence electrons. The maximum atomic E-state index is 13.8. The van der Waals surface area contributed by atoms with Gasteiger partial charge in [-0.05, 0) is 30.3 Å². The molecule has 0 fully saturated rings. The van der Waals surface area contributed by atoms with Crippen molar-refractivity contribution in [2.75, 3.05) is 6.26 Å². The van der Waals surface area contributed by atoms with Gasteiger partial charge in [-0.15, -0.1) is 0 Å². The monoisotopic (exact) mass is 311 g/mol. The van der Waals surface area contributed by atoms with Crippen LogP contribution < -0.4 is 4.74 Å². The Labute approximate surface area is 119 Å². The van der Waals surface area contributed by atoms with Gasteiger partial charge in [0, 0.05) is 12.5 Å². The molecule has 0 saturated carbocycles. The number of pyridine rings is 1. The van der Waals surface area contributed by atoms with Crippen molar-refractivity contribution in [3.8, 4) is 11.6 Å². The zero-order chi connectivity index (χ0) is 15.6. The predicted octanol–water partition coefficient (Wildman–Crippen LogP) is 2.11. The number of aromatic carboxylic acids is 1. The number of rotatable bonds is 4. The predicted molar refractivity (Wildman–Crippen MR) is 70.8 cm³/mol. The van der Waals surface area contributed by atoms with E-state index in [2.05, 4.69) is 4.98 Å². The molecule has 0 aliphatic rings. The van der Waals surface area contributed by atoms with Crippen LogP contribution in [0.15, 0.2) is 41.4 Å². The van der Waals surface area contributed by atoms with E-state index in [0.717, 1.165) is 18.5 Å². The van der Waals surface area contributed by atoms with Crippen molar-refractivity contribution in [3.05, 3.63) is 47.9 Å². The van der Waals surface area contributed by atoms with Crippen molar-refractivity contribution in [1.29, 1.82) is 0 Å². The highest BCUT2D eigenvalue weighted by atomic mass is 32.2. The first-order valence-electron chi connectivity index (χ1n) is 5.65. The molecule has 0 atom stereocenters. The summed E-state index contributed by atoms with van der Waals surface area (Å²) >= 11 is 0. The number of benzene rings is 1. The second kappa shape index (κ2) is 5.49. The molecule has 2 rings (SSSR count). The normalized spacial score (nSPS) is 11.1. The molecule has 6 nitrogen and oxygen atoms in total. The minimum absolute atomic E-state index is 0.0857. The molecule has 0 aliphatic heterocycles. The van der Waals surface area contributed by atoms with Gasteiger partial charge >= 0.3 is 5.97 Å². The zero-order valence-electron chi connectivity index (χ0n) is 10.8. The zero-order valence-corrected chi connectivity index (χ0v) is 11.6. The second-order valence-electron chi connectivity index (χ2n) is 4.13. The van der Waals surface area contributed by atoms with Crippen LogP contribution >= 0.6 is 0 Å². The van der Waals surface area contributed by atoms with E-state index in [1.807, 2.05) is 0 Å². The van der Waals surface area contributed by atoms with E-state index in [9.17, 15) is 17.6 Å². The Hall–Kier alpha value is -2.48. The molecule has 8 heteroatoms. The first-order chi connectivity index (χ1) is 9.79. The van der Waals surface area contributed by atoms with Crippen molar-refractivity contribution in [2.24, 2.45) is 0 Å². The number of carboxylic acids is 1. The first-order valence-corrected chi connectivity index (χ1v) is 7.54. The Morgan fingerprint density at radius 2 is 1.86 bits per heavy atom. The lowest BCUT2D eigenvalue weighted by Gasteiger charge is -2.07. The lowest BCUT2D eigenvalue weighted by Crippen LogP contribution is -2.03. The summed E-state index contributed by atoms with van der Waals surface area (Å²) in [6.07, 6.45) is 2.16. The largest absolute Gasteiger partial charge is 0.478 e. The summed E-state index contributed by atoms with van der Waals surface area (Å²) in [6.45, 7) is 0. The van der Waals surface area contributed by atoms with Crippen LogP contribution in [0.25, 0.3) is 0 Å². The van der Waals surface area contributed by atoms with E-state index in [1.54, 1.807) is 0 Å². The van der Waals surface area contributed by atoms with Gasteiger partial charge in [-0.1, -0.05) is 0 Å². The average molecular weight is 311 g/mol. The third-order valence-electron chi connectivity index (χ3n) is 2.55. The Morgan fingerprint density at radius 3 is 2.38 bits per heavy atom. The number of carbonyl (C=O) groups is 1. The lowest BCUT2D eigenvalue weighted by molar-refractivity contribution is 0.0690. The summed E-state index contributed by atoms with van der Waals surface area (Å²) in [4.78, 5) is 14.5. The van der Waals surface area contributed by atoms with Crippen LogP contribution in [-0.2, 0) is 9.84 Å². The third-order valence-corrected chi connectivity index (χ3v) is 3.68. The molecule has 1 aromatic heterocycles. The molecule has 0 aliphatic carbocycles. The SMILES string of the molecule is CS(=O)(=O)c1ccc(Oc2nccc(C(=O)O)c2F)cc1. The van der Waals surface area contributed by atoms with Crippen LogP contribution in [0.4, 0.5) is 4.39 Å². The van der Waals surface area contributed by atoms with E-state index < -0.39 is 33.1 Å². The third kappa shape index (κ3) is 3.34. The maximum absolute atomic E-state index is 13.8. The Kier molecular flexibility index (Phi) is 3.90. The quantitative estimate of drug-likeness (QED) is 0.929. The molecule has 2 aromatic rings. The highest BCUT2D eigenvalue weighted by Crippen LogP contribution is 2.25. The van der Waals surface area contributed by atoms with Crippen LogP contribution in [0, 0.1) is 5.82 Å². The van der Waals surface area contributed by atoms with Gasteiger partial charge in [-0.3, -0.25) is 0 Å². The molecule has 1 aromatic carbocycles. The van der Waals surface area contributed by atoms with Crippen molar-refractivity contribution in [1.82, 2.24) is 4.98 Å². The minimum atomic E-state index is -3.34. The van der Waals surface area contributed by atoms with Gasteiger partial charge in [0.15, 0.2) is 15.7 Å². The van der Waals surface area contributed by atoms with Gasteiger partial charge in [-0.2, -0.15) is 0 Å². The van der Waals surface area contributed by atoms with Crippen molar-refractivity contribution >= 4 is 15.8 Å². The molecule has 1 N–H and O–H groups in total. The fourth-order valence-electron chi connectivity index (χ4n) is 1.53. The van der Waals surface area contributed by atoms with Gasteiger partial charge < -0.3 is 9.84 Å².